The van der Waals surface area contributed by atoms with E-state index in [1.807, 2.05) is 36.6 Å². The van der Waals surface area contributed by atoms with Gasteiger partial charge in [0, 0.05) is 13.2 Å². The highest BCUT2D eigenvalue weighted by atomic mass is 35.5. The van der Waals surface area contributed by atoms with Gasteiger partial charge >= 0.3 is 0 Å². The van der Waals surface area contributed by atoms with Crippen LogP contribution in [0.2, 0.25) is 4.34 Å². The fourth-order valence-corrected chi connectivity index (χ4v) is 6.17. The normalized spacial score (nSPS) is 13.0. The number of halogens is 1. The Hall–Kier alpha value is -1.19. The molecule has 134 valence electrons. The molecule has 0 fully saturated rings. The number of benzene rings is 1. The number of thiazole rings is 1. The maximum atomic E-state index is 12.6. The molecule has 2 heterocycles. The van der Waals surface area contributed by atoms with E-state index in [1.54, 1.807) is 6.07 Å². The van der Waals surface area contributed by atoms with Gasteiger partial charge in [-0.05, 0) is 43.7 Å². The highest BCUT2D eigenvalue weighted by Gasteiger charge is 2.17. The van der Waals surface area contributed by atoms with Crippen molar-refractivity contribution in [2.75, 3.05) is 13.2 Å². The molecule has 0 atom stereocenters. The topological polar surface area (TPSA) is 60.7 Å². The van der Waals surface area contributed by atoms with Crippen molar-refractivity contribution in [2.45, 2.75) is 24.6 Å². The minimum Gasteiger partial charge on any atom is -0.380 e. The molecule has 0 saturated carbocycles. The molecular formula is C16H17ClN2O3S3. The van der Waals surface area contributed by atoms with Crippen molar-refractivity contribution < 1.29 is 13.2 Å². The van der Waals surface area contributed by atoms with Gasteiger partial charge in [-0.1, -0.05) is 29.0 Å². The predicted octanol–water partition coefficient (Wildman–Crippen LogP) is 4.05. The molecule has 0 aliphatic rings. The zero-order chi connectivity index (χ0) is 18.0. The van der Waals surface area contributed by atoms with Gasteiger partial charge in [0.2, 0.25) is 4.80 Å². The van der Waals surface area contributed by atoms with Crippen molar-refractivity contribution >= 4 is 54.5 Å². The smallest absolute Gasteiger partial charge is 0.294 e. The summed E-state index contributed by atoms with van der Waals surface area (Å²) in [5.41, 5.74) is 2.07. The van der Waals surface area contributed by atoms with Crippen molar-refractivity contribution in [2.24, 2.45) is 4.40 Å². The fraction of sp³-hybridized carbons (Fsp3) is 0.312. The SMILES string of the molecule is CCOCCn1/c(=N/S(=O)(=O)c2ccc(Cl)s2)sc2cc(C)ccc21. The number of rotatable bonds is 6. The van der Waals surface area contributed by atoms with E-state index >= 15 is 0 Å². The number of aromatic nitrogens is 1. The molecule has 9 heteroatoms. The van der Waals surface area contributed by atoms with Gasteiger partial charge in [-0.25, -0.2) is 0 Å². The lowest BCUT2D eigenvalue weighted by Gasteiger charge is -2.05. The van der Waals surface area contributed by atoms with Crippen LogP contribution in [0.4, 0.5) is 0 Å². The Morgan fingerprint density at radius 2 is 2.04 bits per heavy atom. The summed E-state index contributed by atoms with van der Waals surface area (Å²) in [4.78, 5) is 0.435. The molecule has 0 amide bonds. The fourth-order valence-electron chi connectivity index (χ4n) is 2.35. The van der Waals surface area contributed by atoms with Crippen LogP contribution >= 0.6 is 34.3 Å². The maximum absolute atomic E-state index is 12.6. The molecule has 0 bridgehead atoms. The predicted molar refractivity (Wildman–Crippen MR) is 103 cm³/mol. The van der Waals surface area contributed by atoms with Gasteiger partial charge in [-0.15, -0.1) is 15.7 Å². The van der Waals surface area contributed by atoms with E-state index in [0.29, 0.717) is 28.9 Å². The summed E-state index contributed by atoms with van der Waals surface area (Å²) in [7, 11) is -3.80. The Morgan fingerprint density at radius 1 is 1.24 bits per heavy atom. The zero-order valence-corrected chi connectivity index (χ0v) is 16.9. The molecule has 1 aromatic carbocycles. The van der Waals surface area contributed by atoms with Crippen LogP contribution in [0.3, 0.4) is 0 Å². The minimum atomic E-state index is -3.80. The molecule has 0 spiro atoms. The molecule has 5 nitrogen and oxygen atoms in total. The average molecular weight is 417 g/mol. The Labute approximate surface area is 159 Å². The van der Waals surface area contributed by atoms with Gasteiger partial charge in [0.15, 0.2) is 0 Å². The average Bonchev–Trinajstić information content (AvgIpc) is 3.12. The molecule has 25 heavy (non-hydrogen) atoms. The van der Waals surface area contributed by atoms with Crippen LogP contribution in [0.15, 0.2) is 38.9 Å². The van der Waals surface area contributed by atoms with Crippen LogP contribution in [-0.2, 0) is 21.3 Å². The highest BCUT2D eigenvalue weighted by molar-refractivity contribution is 7.92. The van der Waals surface area contributed by atoms with E-state index in [9.17, 15) is 8.42 Å². The first-order valence-electron chi connectivity index (χ1n) is 7.65. The van der Waals surface area contributed by atoms with E-state index in [4.69, 9.17) is 16.3 Å². The molecular weight excluding hydrogens is 400 g/mol. The summed E-state index contributed by atoms with van der Waals surface area (Å²) in [6.07, 6.45) is 0. The molecule has 0 saturated heterocycles. The summed E-state index contributed by atoms with van der Waals surface area (Å²) < 4.78 is 38.1. The number of sulfonamides is 1. The van der Waals surface area contributed by atoms with Crippen LogP contribution in [0, 0.1) is 6.92 Å². The summed E-state index contributed by atoms with van der Waals surface area (Å²) in [6.45, 7) is 5.58. The molecule has 0 unspecified atom stereocenters. The highest BCUT2D eigenvalue weighted by Crippen LogP contribution is 2.27. The summed E-state index contributed by atoms with van der Waals surface area (Å²) in [6, 6.07) is 9.06. The third-order valence-corrected chi connectivity index (χ3v) is 7.62. The summed E-state index contributed by atoms with van der Waals surface area (Å²) >= 11 is 8.22. The molecule has 0 aliphatic carbocycles. The number of hydrogen-bond donors (Lipinski definition) is 0. The minimum absolute atomic E-state index is 0.141. The standard InChI is InChI=1S/C16H17ClN2O3S3/c1-3-22-9-8-19-12-5-4-11(2)10-13(12)23-16(19)18-25(20,21)15-7-6-14(17)24-15/h4-7,10H,3,8-9H2,1-2H3/b18-16-. The lowest BCUT2D eigenvalue weighted by Crippen LogP contribution is -2.19. The van der Waals surface area contributed by atoms with Gasteiger partial charge in [-0.3, -0.25) is 0 Å². The third kappa shape index (κ3) is 4.15. The first-order chi connectivity index (χ1) is 11.9. The Bertz CT molecular complexity index is 1060. The Kier molecular flexibility index (Phi) is 5.65. The van der Waals surface area contributed by atoms with Crippen LogP contribution < -0.4 is 4.80 Å². The number of nitrogens with zero attached hydrogens (tertiary/aromatic N) is 2. The first-order valence-corrected chi connectivity index (χ1v) is 11.1. The van der Waals surface area contributed by atoms with E-state index in [2.05, 4.69) is 4.40 Å². The van der Waals surface area contributed by atoms with E-state index in [0.717, 1.165) is 27.1 Å². The number of thiophene rings is 1. The quantitative estimate of drug-likeness (QED) is 0.569. The number of fused-ring (bicyclic) bond motifs is 1. The Morgan fingerprint density at radius 3 is 2.72 bits per heavy atom. The van der Waals surface area contributed by atoms with Crippen LogP contribution in [0.5, 0.6) is 0 Å². The van der Waals surface area contributed by atoms with Crippen molar-refractivity contribution in [3.63, 3.8) is 0 Å². The molecule has 3 rings (SSSR count). The molecule has 0 N–H and O–H groups in total. The lowest BCUT2D eigenvalue weighted by molar-refractivity contribution is 0.139. The maximum Gasteiger partial charge on any atom is 0.294 e. The number of ether oxygens (including phenoxy) is 1. The molecule has 0 radical (unpaired) electrons. The largest absolute Gasteiger partial charge is 0.380 e. The monoisotopic (exact) mass is 416 g/mol. The molecule has 3 aromatic rings. The number of hydrogen-bond acceptors (Lipinski definition) is 5. The second-order valence-electron chi connectivity index (χ2n) is 5.33. The van der Waals surface area contributed by atoms with Gasteiger partial charge in [-0.2, -0.15) is 8.42 Å². The van der Waals surface area contributed by atoms with E-state index in [-0.39, 0.29) is 4.21 Å². The van der Waals surface area contributed by atoms with Crippen LogP contribution in [-0.4, -0.2) is 26.2 Å². The van der Waals surface area contributed by atoms with E-state index < -0.39 is 10.0 Å². The summed E-state index contributed by atoms with van der Waals surface area (Å²) in [5.74, 6) is 0. The van der Waals surface area contributed by atoms with Gasteiger partial charge < -0.3 is 9.30 Å². The first kappa shape index (κ1) is 18.6. The molecule has 0 aliphatic heterocycles. The zero-order valence-electron chi connectivity index (χ0n) is 13.7. The van der Waals surface area contributed by atoms with Crippen molar-refractivity contribution in [3.05, 3.63) is 45.0 Å². The summed E-state index contributed by atoms with van der Waals surface area (Å²) in [5, 5.41) is 0. The Balaban J connectivity index is 2.15. The van der Waals surface area contributed by atoms with E-state index in [1.165, 1.54) is 17.4 Å². The van der Waals surface area contributed by atoms with Crippen molar-refractivity contribution in [3.8, 4) is 0 Å². The van der Waals surface area contributed by atoms with Gasteiger partial charge in [0.25, 0.3) is 10.0 Å². The second kappa shape index (κ2) is 7.59. The van der Waals surface area contributed by atoms with Crippen LogP contribution in [0.25, 0.3) is 10.2 Å². The van der Waals surface area contributed by atoms with Gasteiger partial charge in [0.05, 0.1) is 21.2 Å². The van der Waals surface area contributed by atoms with Crippen molar-refractivity contribution in [1.29, 1.82) is 0 Å². The lowest BCUT2D eigenvalue weighted by atomic mass is 10.2. The van der Waals surface area contributed by atoms with Crippen LogP contribution in [0.1, 0.15) is 12.5 Å². The van der Waals surface area contributed by atoms with Crippen molar-refractivity contribution in [1.82, 2.24) is 4.57 Å². The number of aryl methyl sites for hydroxylation is 1. The van der Waals surface area contributed by atoms with Gasteiger partial charge in [0.1, 0.15) is 4.21 Å². The third-order valence-electron chi connectivity index (χ3n) is 3.50. The molecule has 2 aromatic heterocycles. The second-order valence-corrected chi connectivity index (χ2v) is 9.88.